The normalized spacial score (nSPS) is 21.6. The van der Waals surface area contributed by atoms with Crippen LogP contribution >= 0.6 is 11.6 Å². The Morgan fingerprint density at radius 1 is 1.35 bits per heavy atom. The van der Waals surface area contributed by atoms with E-state index in [0.29, 0.717) is 22.7 Å². The first kappa shape index (κ1) is 14.8. The molecule has 0 spiro atoms. The van der Waals surface area contributed by atoms with Crippen molar-refractivity contribution in [2.75, 3.05) is 12.4 Å². The predicted octanol–water partition coefficient (Wildman–Crippen LogP) is 1.77. The molecule has 1 aliphatic rings. The Kier molecular flexibility index (Phi) is 4.62. The van der Waals surface area contributed by atoms with Gasteiger partial charge in [0, 0.05) is 24.0 Å². The minimum atomic E-state index is -0.286. The van der Waals surface area contributed by atoms with E-state index in [2.05, 4.69) is 10.6 Å². The highest BCUT2D eigenvalue weighted by Crippen LogP contribution is 2.27. The third-order valence-corrected chi connectivity index (χ3v) is 3.79. The average molecular weight is 296 g/mol. The molecule has 0 aliphatic heterocycles. The molecule has 6 heteroatoms. The maximum atomic E-state index is 12.2. The molecule has 0 aromatic heterocycles. The van der Waals surface area contributed by atoms with E-state index in [0.717, 1.165) is 12.8 Å². The van der Waals surface area contributed by atoms with Gasteiger partial charge in [-0.3, -0.25) is 9.59 Å². The second kappa shape index (κ2) is 6.24. The van der Waals surface area contributed by atoms with Crippen LogP contribution in [0.4, 0.5) is 5.69 Å². The molecule has 1 fully saturated rings. The van der Waals surface area contributed by atoms with Crippen LogP contribution in [0.2, 0.25) is 5.02 Å². The van der Waals surface area contributed by atoms with Crippen molar-refractivity contribution < 1.29 is 9.59 Å². The number of hydrogen-bond acceptors (Lipinski definition) is 3. The van der Waals surface area contributed by atoms with Gasteiger partial charge in [-0.1, -0.05) is 11.6 Å². The molecular weight excluding hydrogens is 278 g/mol. The minimum absolute atomic E-state index is 0.0850. The molecule has 0 radical (unpaired) electrons. The van der Waals surface area contributed by atoms with Crippen LogP contribution in [0, 0.1) is 5.92 Å². The predicted molar refractivity (Wildman–Crippen MR) is 78.8 cm³/mol. The fourth-order valence-electron chi connectivity index (χ4n) is 2.44. The molecule has 0 bridgehead atoms. The highest BCUT2D eigenvalue weighted by atomic mass is 35.5. The second-order valence-electron chi connectivity index (χ2n) is 5.03. The summed E-state index contributed by atoms with van der Waals surface area (Å²) in [6.45, 7) is 0. The van der Waals surface area contributed by atoms with Crippen LogP contribution in [0.15, 0.2) is 18.2 Å². The highest BCUT2D eigenvalue weighted by Gasteiger charge is 2.28. The van der Waals surface area contributed by atoms with Crippen LogP contribution in [0.5, 0.6) is 0 Å². The summed E-state index contributed by atoms with van der Waals surface area (Å²) in [5.41, 5.74) is 6.64. The summed E-state index contributed by atoms with van der Waals surface area (Å²) < 4.78 is 0. The summed E-state index contributed by atoms with van der Waals surface area (Å²) in [5, 5.41) is 5.78. The number of nitrogens with one attached hydrogen (secondary N) is 2. The Hall–Kier alpha value is -1.59. The number of anilines is 1. The van der Waals surface area contributed by atoms with E-state index >= 15 is 0 Å². The van der Waals surface area contributed by atoms with Crippen molar-refractivity contribution in [3.05, 3.63) is 28.8 Å². The van der Waals surface area contributed by atoms with Gasteiger partial charge in [-0.15, -0.1) is 0 Å². The SMILES string of the molecule is CNC(=O)c1cc(Cl)ccc1NC(=O)C1CCC(N)C1. The molecule has 2 amide bonds. The number of rotatable bonds is 3. The highest BCUT2D eigenvalue weighted by molar-refractivity contribution is 6.31. The second-order valence-corrected chi connectivity index (χ2v) is 5.46. The van der Waals surface area contributed by atoms with E-state index in [-0.39, 0.29) is 23.8 Å². The van der Waals surface area contributed by atoms with Gasteiger partial charge in [0.25, 0.3) is 5.91 Å². The largest absolute Gasteiger partial charge is 0.355 e. The number of carbonyl (C=O) groups excluding carboxylic acids is 2. The monoisotopic (exact) mass is 295 g/mol. The lowest BCUT2D eigenvalue weighted by Crippen LogP contribution is -2.25. The van der Waals surface area contributed by atoms with Crippen molar-refractivity contribution >= 4 is 29.1 Å². The van der Waals surface area contributed by atoms with Crippen LogP contribution in [-0.2, 0) is 4.79 Å². The summed E-state index contributed by atoms with van der Waals surface area (Å²) >= 11 is 5.89. The number of nitrogens with two attached hydrogens (primary N) is 1. The van der Waals surface area contributed by atoms with Crippen LogP contribution in [-0.4, -0.2) is 24.9 Å². The molecule has 1 aliphatic carbocycles. The van der Waals surface area contributed by atoms with E-state index in [1.807, 2.05) is 0 Å². The van der Waals surface area contributed by atoms with Crippen molar-refractivity contribution in [1.82, 2.24) is 5.32 Å². The first-order valence-corrected chi connectivity index (χ1v) is 6.97. The quantitative estimate of drug-likeness (QED) is 0.794. The van der Waals surface area contributed by atoms with Crippen molar-refractivity contribution in [2.24, 2.45) is 11.7 Å². The summed E-state index contributed by atoms with van der Waals surface area (Å²) in [6, 6.07) is 4.91. The maximum Gasteiger partial charge on any atom is 0.253 e. The Bertz CT molecular complexity index is 533. The van der Waals surface area contributed by atoms with E-state index in [4.69, 9.17) is 17.3 Å². The van der Waals surface area contributed by atoms with E-state index < -0.39 is 0 Å². The first-order chi connectivity index (χ1) is 9.51. The molecule has 0 saturated heterocycles. The Morgan fingerprint density at radius 3 is 2.70 bits per heavy atom. The molecule has 1 saturated carbocycles. The van der Waals surface area contributed by atoms with Gasteiger partial charge >= 0.3 is 0 Å². The van der Waals surface area contributed by atoms with E-state index in [1.54, 1.807) is 12.1 Å². The molecule has 2 atom stereocenters. The van der Waals surface area contributed by atoms with Crippen molar-refractivity contribution in [1.29, 1.82) is 0 Å². The molecule has 5 nitrogen and oxygen atoms in total. The zero-order chi connectivity index (χ0) is 14.7. The zero-order valence-electron chi connectivity index (χ0n) is 11.3. The minimum Gasteiger partial charge on any atom is -0.355 e. The lowest BCUT2D eigenvalue weighted by atomic mass is 10.1. The van der Waals surface area contributed by atoms with Gasteiger partial charge < -0.3 is 16.4 Å². The summed E-state index contributed by atoms with van der Waals surface area (Å²) in [4.78, 5) is 24.0. The van der Waals surface area contributed by atoms with Gasteiger partial charge in [-0.25, -0.2) is 0 Å². The molecule has 1 aromatic rings. The Balaban J connectivity index is 2.16. The van der Waals surface area contributed by atoms with Crippen molar-refractivity contribution in [3.63, 3.8) is 0 Å². The molecule has 2 rings (SSSR count). The Morgan fingerprint density at radius 2 is 2.10 bits per heavy atom. The van der Waals surface area contributed by atoms with E-state index in [1.165, 1.54) is 13.1 Å². The van der Waals surface area contributed by atoms with Gasteiger partial charge in [0.1, 0.15) is 0 Å². The van der Waals surface area contributed by atoms with Crippen molar-refractivity contribution in [2.45, 2.75) is 25.3 Å². The van der Waals surface area contributed by atoms with Crippen LogP contribution in [0.25, 0.3) is 0 Å². The summed E-state index contributed by atoms with van der Waals surface area (Å²) in [5.74, 6) is -0.463. The smallest absolute Gasteiger partial charge is 0.253 e. The molecular formula is C14H18ClN3O2. The maximum absolute atomic E-state index is 12.2. The van der Waals surface area contributed by atoms with Gasteiger partial charge in [-0.2, -0.15) is 0 Å². The molecule has 2 unspecified atom stereocenters. The fourth-order valence-corrected chi connectivity index (χ4v) is 2.61. The number of halogens is 1. The number of amides is 2. The summed E-state index contributed by atoms with van der Waals surface area (Å²) in [7, 11) is 1.53. The molecule has 1 aromatic carbocycles. The standard InChI is InChI=1S/C14H18ClN3O2/c1-17-14(20)11-7-9(15)3-5-12(11)18-13(19)8-2-4-10(16)6-8/h3,5,7-8,10H,2,4,6,16H2,1H3,(H,17,20)(H,18,19). The number of carbonyl (C=O) groups is 2. The lowest BCUT2D eigenvalue weighted by Gasteiger charge is -2.14. The van der Waals surface area contributed by atoms with Gasteiger partial charge in [0.15, 0.2) is 0 Å². The lowest BCUT2D eigenvalue weighted by molar-refractivity contribution is -0.119. The van der Waals surface area contributed by atoms with Gasteiger partial charge in [0.2, 0.25) is 5.91 Å². The van der Waals surface area contributed by atoms with Crippen LogP contribution in [0.1, 0.15) is 29.6 Å². The fraction of sp³-hybridized carbons (Fsp3) is 0.429. The average Bonchev–Trinajstić information content (AvgIpc) is 2.86. The topological polar surface area (TPSA) is 84.2 Å². The van der Waals surface area contributed by atoms with Gasteiger partial charge in [0.05, 0.1) is 11.3 Å². The zero-order valence-corrected chi connectivity index (χ0v) is 12.0. The van der Waals surface area contributed by atoms with Gasteiger partial charge in [-0.05, 0) is 37.5 Å². The summed E-state index contributed by atoms with van der Waals surface area (Å²) in [6.07, 6.45) is 2.34. The number of benzene rings is 1. The van der Waals surface area contributed by atoms with Crippen molar-refractivity contribution in [3.8, 4) is 0 Å². The molecule has 108 valence electrons. The molecule has 0 heterocycles. The third kappa shape index (κ3) is 3.29. The van der Waals surface area contributed by atoms with Crippen LogP contribution < -0.4 is 16.4 Å². The molecule has 4 N–H and O–H groups in total. The Labute approximate surface area is 122 Å². The van der Waals surface area contributed by atoms with Crippen LogP contribution in [0.3, 0.4) is 0 Å². The van der Waals surface area contributed by atoms with E-state index in [9.17, 15) is 9.59 Å². The molecule has 20 heavy (non-hydrogen) atoms. The third-order valence-electron chi connectivity index (χ3n) is 3.56. The first-order valence-electron chi connectivity index (χ1n) is 6.59. The number of hydrogen-bond donors (Lipinski definition) is 3.